The molecule has 0 nitrogen and oxygen atoms in total. The van der Waals surface area contributed by atoms with E-state index in [4.69, 9.17) is 0 Å². The predicted molar refractivity (Wildman–Crippen MR) is 54.0 cm³/mol. The lowest BCUT2D eigenvalue weighted by Gasteiger charge is -1.92. The highest BCUT2D eigenvalue weighted by molar-refractivity contribution is 5.85. The van der Waals surface area contributed by atoms with Gasteiger partial charge in [0.1, 0.15) is 0 Å². The molecular weight excluding hydrogens is 156 g/mol. The van der Waals surface area contributed by atoms with Crippen LogP contribution in [0.2, 0.25) is 0 Å². The molecule has 0 heterocycles. The van der Waals surface area contributed by atoms with Gasteiger partial charge in [0.2, 0.25) is 0 Å². The maximum atomic E-state index is 3.19. The highest BCUT2D eigenvalue weighted by atomic mass is 35.5. The van der Waals surface area contributed by atoms with Crippen LogP contribution >= 0.6 is 12.4 Å². The molecule has 0 amide bonds. The lowest BCUT2D eigenvalue weighted by molar-refractivity contribution is 0.712. The van der Waals surface area contributed by atoms with Crippen LogP contribution in [-0.2, 0) is 0 Å². The van der Waals surface area contributed by atoms with Gasteiger partial charge in [-0.3, -0.25) is 0 Å². The Morgan fingerprint density at radius 2 is 1.55 bits per heavy atom. The zero-order chi connectivity index (χ0) is 7.82. The van der Waals surface area contributed by atoms with E-state index in [0.717, 1.165) is 5.92 Å². The van der Waals surface area contributed by atoms with E-state index in [0.29, 0.717) is 0 Å². The minimum atomic E-state index is 0. The van der Waals surface area contributed by atoms with Gasteiger partial charge < -0.3 is 0 Å². The van der Waals surface area contributed by atoms with Crippen LogP contribution < -0.4 is 0 Å². The molecule has 0 aromatic rings. The summed E-state index contributed by atoms with van der Waals surface area (Å²) >= 11 is 0. The van der Waals surface area contributed by atoms with Gasteiger partial charge in [-0.25, -0.2) is 0 Å². The first-order valence-electron chi connectivity index (χ1n) is 4.36. The topological polar surface area (TPSA) is 0 Å². The van der Waals surface area contributed by atoms with Crippen LogP contribution in [0.3, 0.4) is 0 Å². The molecular formula is C10H19Cl. The molecule has 0 spiro atoms. The molecule has 11 heavy (non-hydrogen) atoms. The van der Waals surface area contributed by atoms with Crippen molar-refractivity contribution in [3.63, 3.8) is 0 Å². The van der Waals surface area contributed by atoms with Crippen molar-refractivity contribution in [2.24, 2.45) is 5.92 Å². The average Bonchev–Trinajstić information content (AvgIpc) is 2.46. The molecule has 1 aliphatic rings. The van der Waals surface area contributed by atoms with Gasteiger partial charge in [-0.2, -0.15) is 0 Å². The molecule has 1 aliphatic carbocycles. The van der Waals surface area contributed by atoms with Crippen LogP contribution in [-0.4, -0.2) is 0 Å². The minimum Gasteiger partial charge on any atom is -0.147 e. The van der Waals surface area contributed by atoms with Gasteiger partial charge in [-0.1, -0.05) is 26.7 Å². The van der Waals surface area contributed by atoms with E-state index in [-0.39, 0.29) is 12.4 Å². The van der Waals surface area contributed by atoms with Crippen LogP contribution in [0.4, 0.5) is 0 Å². The zero-order valence-electron chi connectivity index (χ0n) is 7.81. The largest absolute Gasteiger partial charge is 0.147 e. The first kappa shape index (κ1) is 13.4. The molecule has 1 heteroatoms. The lowest BCUT2D eigenvalue weighted by atomic mass is 10.1. The van der Waals surface area contributed by atoms with E-state index in [2.05, 4.69) is 11.8 Å². The highest BCUT2D eigenvalue weighted by Gasteiger charge is 2.10. The second-order valence-electron chi connectivity index (χ2n) is 2.38. The monoisotopic (exact) mass is 174 g/mol. The number of halogens is 1. The normalized spacial score (nSPS) is 15.2. The summed E-state index contributed by atoms with van der Waals surface area (Å²) in [7, 11) is 0. The van der Waals surface area contributed by atoms with Crippen molar-refractivity contribution in [2.45, 2.75) is 46.5 Å². The van der Waals surface area contributed by atoms with Crippen LogP contribution in [0.1, 0.15) is 46.5 Å². The van der Waals surface area contributed by atoms with Crippen LogP contribution in [0.5, 0.6) is 0 Å². The Hall–Kier alpha value is -0.150. The Kier molecular flexibility index (Phi) is 12.0. The first-order chi connectivity index (χ1) is 4.93. The van der Waals surface area contributed by atoms with Crippen molar-refractivity contribution in [1.29, 1.82) is 0 Å². The maximum absolute atomic E-state index is 3.19. The molecule has 0 radical (unpaired) electrons. The summed E-state index contributed by atoms with van der Waals surface area (Å²) in [6.45, 7) is 5.93. The van der Waals surface area contributed by atoms with Gasteiger partial charge in [-0.05, 0) is 19.8 Å². The van der Waals surface area contributed by atoms with E-state index < -0.39 is 0 Å². The first-order valence-corrected chi connectivity index (χ1v) is 4.36. The molecule has 1 rings (SSSR count). The molecule has 66 valence electrons. The quantitative estimate of drug-likeness (QED) is 0.492. The Morgan fingerprint density at radius 3 is 1.91 bits per heavy atom. The summed E-state index contributed by atoms with van der Waals surface area (Å²) in [5, 5.41) is 0. The van der Waals surface area contributed by atoms with Crippen molar-refractivity contribution in [2.75, 3.05) is 0 Å². The smallest absolute Gasteiger partial charge is 0.0202 e. The second-order valence-corrected chi connectivity index (χ2v) is 2.38. The van der Waals surface area contributed by atoms with Gasteiger partial charge >= 0.3 is 0 Å². The summed E-state index contributed by atoms with van der Waals surface area (Å²) < 4.78 is 0. The predicted octanol–water partition coefficient (Wildman–Crippen LogP) is 3.65. The molecule has 1 saturated carbocycles. The van der Waals surface area contributed by atoms with Gasteiger partial charge in [0.05, 0.1) is 0 Å². The Morgan fingerprint density at radius 1 is 1.09 bits per heavy atom. The fraction of sp³-hybridized carbons (Fsp3) is 0.800. The molecule has 0 N–H and O–H groups in total. The summed E-state index contributed by atoms with van der Waals surface area (Å²) in [6.07, 6.45) is 5.50. The highest BCUT2D eigenvalue weighted by Crippen LogP contribution is 2.23. The second kappa shape index (κ2) is 9.85. The van der Waals surface area contributed by atoms with E-state index in [1.807, 2.05) is 20.8 Å². The Bertz CT molecular complexity index is 113. The summed E-state index contributed by atoms with van der Waals surface area (Å²) in [5.74, 6) is 6.90. The number of hydrogen-bond donors (Lipinski definition) is 0. The molecule has 0 unspecified atom stereocenters. The molecule has 0 saturated heterocycles. The van der Waals surface area contributed by atoms with Crippen LogP contribution in [0, 0.1) is 17.8 Å². The van der Waals surface area contributed by atoms with E-state index >= 15 is 0 Å². The van der Waals surface area contributed by atoms with Gasteiger partial charge in [0, 0.05) is 5.92 Å². The summed E-state index contributed by atoms with van der Waals surface area (Å²) in [5.41, 5.74) is 0. The van der Waals surface area contributed by atoms with Crippen LogP contribution in [0.25, 0.3) is 0 Å². The molecule has 0 aromatic carbocycles. The van der Waals surface area contributed by atoms with Crippen molar-refractivity contribution in [3.05, 3.63) is 0 Å². The molecule has 0 aliphatic heterocycles. The third kappa shape index (κ3) is 6.26. The standard InChI is InChI=1S/C8H12.C2H6.ClH/c1-2-5-8-6-3-4-7-8;1-2;/h8H,3-4,6-7H2,1H3;1-2H3;1H. The van der Waals surface area contributed by atoms with Crippen LogP contribution in [0.15, 0.2) is 0 Å². The number of rotatable bonds is 0. The third-order valence-electron chi connectivity index (χ3n) is 1.70. The minimum absolute atomic E-state index is 0. The Balaban J connectivity index is 0. The molecule has 1 fully saturated rings. The molecule has 0 bridgehead atoms. The van der Waals surface area contributed by atoms with Gasteiger partial charge in [0.15, 0.2) is 0 Å². The van der Waals surface area contributed by atoms with Crippen molar-refractivity contribution in [1.82, 2.24) is 0 Å². The fourth-order valence-corrected chi connectivity index (χ4v) is 1.27. The molecule has 0 aromatic heterocycles. The van der Waals surface area contributed by atoms with E-state index in [1.54, 1.807) is 0 Å². The van der Waals surface area contributed by atoms with Gasteiger partial charge in [-0.15, -0.1) is 24.2 Å². The van der Waals surface area contributed by atoms with E-state index in [9.17, 15) is 0 Å². The maximum Gasteiger partial charge on any atom is 0.0202 e. The average molecular weight is 175 g/mol. The van der Waals surface area contributed by atoms with E-state index in [1.165, 1.54) is 25.7 Å². The lowest BCUT2D eigenvalue weighted by Crippen LogP contribution is -1.84. The van der Waals surface area contributed by atoms with Crippen molar-refractivity contribution >= 4 is 12.4 Å². The SMILES string of the molecule is CC.CC#CC1CCCC1.Cl. The van der Waals surface area contributed by atoms with Crippen molar-refractivity contribution < 1.29 is 0 Å². The van der Waals surface area contributed by atoms with Gasteiger partial charge in [0.25, 0.3) is 0 Å². The fourth-order valence-electron chi connectivity index (χ4n) is 1.27. The summed E-state index contributed by atoms with van der Waals surface area (Å²) in [4.78, 5) is 0. The summed E-state index contributed by atoms with van der Waals surface area (Å²) in [6, 6.07) is 0. The van der Waals surface area contributed by atoms with Crippen molar-refractivity contribution in [3.8, 4) is 11.8 Å². The third-order valence-corrected chi connectivity index (χ3v) is 1.70. The Labute approximate surface area is 77.2 Å². The molecule has 0 atom stereocenters. The zero-order valence-corrected chi connectivity index (χ0v) is 8.63. The number of hydrogen-bond acceptors (Lipinski definition) is 0.